The highest BCUT2D eigenvalue weighted by atomic mass is 35.5. The average molecular weight is 339 g/mol. The van der Waals surface area contributed by atoms with Gasteiger partial charge in [-0.15, -0.1) is 12.4 Å². The Morgan fingerprint density at radius 1 is 1.17 bits per heavy atom. The molecule has 1 aromatic carbocycles. The summed E-state index contributed by atoms with van der Waals surface area (Å²) in [6, 6.07) is 6.75. The second-order valence-corrected chi connectivity index (χ2v) is 7.37. The number of nitrogens with one attached hydrogen (secondary N) is 2. The standard InChI is InChI=1S/C18H23FN2O.ClH/c19-14-3-1-13(2-4-14)18(5-6-18)12-21-16(22)15-11-17(15)7-9-20-10-8-17;/h1-4,15,20H,5-12H2,(H,21,22);1H. The Morgan fingerprint density at radius 2 is 1.83 bits per heavy atom. The fourth-order valence-electron chi connectivity index (χ4n) is 4.10. The van der Waals surface area contributed by atoms with Crippen LogP contribution in [-0.2, 0) is 10.2 Å². The van der Waals surface area contributed by atoms with Gasteiger partial charge in [-0.25, -0.2) is 4.39 Å². The van der Waals surface area contributed by atoms with Crippen LogP contribution in [0.2, 0.25) is 0 Å². The maximum Gasteiger partial charge on any atom is 0.223 e. The molecule has 1 aromatic rings. The van der Waals surface area contributed by atoms with Crippen LogP contribution in [0.1, 0.15) is 37.7 Å². The first-order valence-corrected chi connectivity index (χ1v) is 8.38. The van der Waals surface area contributed by atoms with Crippen LogP contribution in [-0.4, -0.2) is 25.5 Å². The van der Waals surface area contributed by atoms with Crippen molar-refractivity contribution >= 4 is 18.3 Å². The summed E-state index contributed by atoms with van der Waals surface area (Å²) in [5.74, 6) is 0.253. The maximum atomic E-state index is 13.1. The first-order valence-electron chi connectivity index (χ1n) is 8.38. The summed E-state index contributed by atoms with van der Waals surface area (Å²) < 4.78 is 13.1. The fraction of sp³-hybridized carbons (Fsp3) is 0.611. The highest BCUT2D eigenvalue weighted by molar-refractivity contribution is 5.85. The number of rotatable bonds is 4. The van der Waals surface area contributed by atoms with Crippen LogP contribution in [0.4, 0.5) is 4.39 Å². The van der Waals surface area contributed by atoms with Gasteiger partial charge >= 0.3 is 0 Å². The smallest absolute Gasteiger partial charge is 0.223 e. The summed E-state index contributed by atoms with van der Waals surface area (Å²) in [5, 5.41) is 6.55. The van der Waals surface area contributed by atoms with E-state index in [0.717, 1.165) is 50.8 Å². The normalized spacial score (nSPS) is 26.2. The molecule has 4 rings (SSSR count). The van der Waals surface area contributed by atoms with E-state index in [-0.39, 0.29) is 35.5 Å². The lowest BCUT2D eigenvalue weighted by atomic mass is 9.91. The molecule has 0 radical (unpaired) electrons. The lowest BCUT2D eigenvalue weighted by Gasteiger charge is -2.23. The Balaban J connectivity index is 0.00000156. The molecule has 1 atom stereocenters. The maximum absolute atomic E-state index is 13.1. The van der Waals surface area contributed by atoms with Crippen molar-refractivity contribution in [1.82, 2.24) is 10.6 Å². The number of benzene rings is 1. The lowest BCUT2D eigenvalue weighted by Crippen LogP contribution is -2.36. The van der Waals surface area contributed by atoms with Gasteiger partial charge in [-0.2, -0.15) is 0 Å². The van der Waals surface area contributed by atoms with Gasteiger partial charge < -0.3 is 10.6 Å². The van der Waals surface area contributed by atoms with Gasteiger partial charge in [-0.1, -0.05) is 12.1 Å². The van der Waals surface area contributed by atoms with E-state index in [0.29, 0.717) is 12.0 Å². The largest absolute Gasteiger partial charge is 0.355 e. The zero-order chi connectivity index (χ0) is 15.2. The molecule has 1 amide bonds. The van der Waals surface area contributed by atoms with Crippen LogP contribution < -0.4 is 10.6 Å². The van der Waals surface area contributed by atoms with E-state index in [9.17, 15) is 9.18 Å². The van der Waals surface area contributed by atoms with Gasteiger partial charge in [0.1, 0.15) is 5.82 Å². The summed E-state index contributed by atoms with van der Waals surface area (Å²) in [5.41, 5.74) is 1.50. The van der Waals surface area contributed by atoms with Gasteiger partial charge in [-0.3, -0.25) is 4.79 Å². The first-order chi connectivity index (χ1) is 10.6. The molecule has 0 aromatic heterocycles. The third-order valence-corrected chi connectivity index (χ3v) is 6.02. The second-order valence-electron chi connectivity index (χ2n) is 7.37. The Kier molecular flexibility index (Phi) is 4.41. The number of amides is 1. The van der Waals surface area contributed by atoms with E-state index < -0.39 is 0 Å². The van der Waals surface area contributed by atoms with E-state index in [1.165, 1.54) is 12.1 Å². The molecule has 1 aliphatic heterocycles. The monoisotopic (exact) mass is 338 g/mol. The molecule has 5 heteroatoms. The van der Waals surface area contributed by atoms with Gasteiger partial charge in [0, 0.05) is 17.9 Å². The van der Waals surface area contributed by atoms with E-state index in [1.54, 1.807) is 0 Å². The molecule has 3 aliphatic rings. The van der Waals surface area contributed by atoms with E-state index in [1.807, 2.05) is 12.1 Å². The van der Waals surface area contributed by atoms with Crippen molar-refractivity contribution in [2.75, 3.05) is 19.6 Å². The fourth-order valence-corrected chi connectivity index (χ4v) is 4.10. The van der Waals surface area contributed by atoms with Crippen molar-refractivity contribution in [3.8, 4) is 0 Å². The SMILES string of the molecule is Cl.O=C(NCC1(c2ccc(F)cc2)CC1)C1CC12CCNCC2. The van der Waals surface area contributed by atoms with Gasteiger partial charge in [-0.05, 0) is 68.3 Å². The molecule has 2 N–H and O–H groups in total. The molecule has 0 bridgehead atoms. The zero-order valence-electron chi connectivity index (χ0n) is 13.2. The lowest BCUT2D eigenvalue weighted by molar-refractivity contribution is -0.123. The molecule has 23 heavy (non-hydrogen) atoms. The number of carbonyl (C=O) groups excluding carboxylic acids is 1. The van der Waals surface area contributed by atoms with Crippen molar-refractivity contribution in [1.29, 1.82) is 0 Å². The Hall–Kier alpha value is -1.13. The van der Waals surface area contributed by atoms with Crippen molar-refractivity contribution in [3.63, 3.8) is 0 Å². The molecule has 2 saturated carbocycles. The van der Waals surface area contributed by atoms with Crippen molar-refractivity contribution < 1.29 is 9.18 Å². The number of carbonyl (C=O) groups is 1. The molecule has 3 nitrogen and oxygen atoms in total. The number of piperidine rings is 1. The predicted molar refractivity (Wildman–Crippen MR) is 90.2 cm³/mol. The third-order valence-electron chi connectivity index (χ3n) is 6.02. The van der Waals surface area contributed by atoms with Crippen LogP contribution in [0.5, 0.6) is 0 Å². The minimum absolute atomic E-state index is 0. The third kappa shape index (κ3) is 3.11. The zero-order valence-corrected chi connectivity index (χ0v) is 14.1. The molecule has 126 valence electrons. The van der Waals surface area contributed by atoms with Crippen molar-refractivity contribution in [3.05, 3.63) is 35.6 Å². The molecule has 1 heterocycles. The van der Waals surface area contributed by atoms with Crippen LogP contribution in [0, 0.1) is 17.2 Å². The van der Waals surface area contributed by atoms with Gasteiger partial charge in [0.05, 0.1) is 0 Å². The Labute approximate surface area is 142 Å². The van der Waals surface area contributed by atoms with E-state index in [2.05, 4.69) is 10.6 Å². The summed E-state index contributed by atoms with van der Waals surface area (Å²) in [6.45, 7) is 2.79. The number of hydrogen-bond donors (Lipinski definition) is 2. The number of hydrogen-bond acceptors (Lipinski definition) is 2. The van der Waals surface area contributed by atoms with Crippen LogP contribution in [0.3, 0.4) is 0 Å². The number of halogens is 2. The van der Waals surface area contributed by atoms with E-state index in [4.69, 9.17) is 0 Å². The van der Waals surface area contributed by atoms with Crippen LogP contribution >= 0.6 is 12.4 Å². The van der Waals surface area contributed by atoms with Crippen LogP contribution in [0.25, 0.3) is 0 Å². The van der Waals surface area contributed by atoms with Gasteiger partial charge in [0.2, 0.25) is 5.91 Å². The second kappa shape index (κ2) is 6.06. The van der Waals surface area contributed by atoms with E-state index >= 15 is 0 Å². The molecule has 2 aliphatic carbocycles. The molecular formula is C18H24ClFN2O. The minimum Gasteiger partial charge on any atom is -0.355 e. The topological polar surface area (TPSA) is 41.1 Å². The quantitative estimate of drug-likeness (QED) is 0.886. The minimum atomic E-state index is -0.200. The van der Waals surface area contributed by atoms with Crippen LogP contribution in [0.15, 0.2) is 24.3 Å². The van der Waals surface area contributed by atoms with Crippen molar-refractivity contribution in [2.24, 2.45) is 11.3 Å². The first kappa shape index (κ1) is 16.7. The molecular weight excluding hydrogens is 315 g/mol. The summed E-state index contributed by atoms with van der Waals surface area (Å²) in [6.07, 6.45) is 5.49. The summed E-state index contributed by atoms with van der Waals surface area (Å²) >= 11 is 0. The molecule has 1 saturated heterocycles. The Morgan fingerprint density at radius 3 is 2.43 bits per heavy atom. The van der Waals surface area contributed by atoms with Gasteiger partial charge in [0.15, 0.2) is 0 Å². The highest BCUT2D eigenvalue weighted by Gasteiger charge is 2.58. The summed E-state index contributed by atoms with van der Waals surface area (Å²) in [7, 11) is 0. The van der Waals surface area contributed by atoms with Crippen molar-refractivity contribution in [2.45, 2.75) is 37.5 Å². The predicted octanol–water partition coefficient (Wildman–Crippen LogP) is 2.79. The Bertz CT molecular complexity index is 579. The average Bonchev–Trinajstić information content (AvgIpc) is 3.44. The molecule has 3 fully saturated rings. The molecule has 1 spiro atoms. The summed E-state index contributed by atoms with van der Waals surface area (Å²) in [4.78, 5) is 12.4. The molecule has 1 unspecified atom stereocenters. The van der Waals surface area contributed by atoms with Gasteiger partial charge in [0.25, 0.3) is 0 Å². The highest BCUT2D eigenvalue weighted by Crippen LogP contribution is 2.58.